The summed E-state index contributed by atoms with van der Waals surface area (Å²) in [6, 6.07) is 11.9. The molecule has 0 aliphatic rings. The van der Waals surface area contributed by atoms with Crippen molar-refractivity contribution in [3.63, 3.8) is 0 Å². The Hall–Kier alpha value is -2.94. The third-order valence-corrected chi connectivity index (χ3v) is 5.54. The molecule has 9 heteroatoms. The Labute approximate surface area is 162 Å². The smallest absolute Gasteiger partial charge is 0.279 e. The zero-order chi connectivity index (χ0) is 20.7. The van der Waals surface area contributed by atoms with E-state index in [2.05, 4.69) is 10.9 Å². The van der Waals surface area contributed by atoms with Gasteiger partial charge in [0.15, 0.2) is 27.5 Å². The van der Waals surface area contributed by atoms with Gasteiger partial charge >= 0.3 is 0 Å². The van der Waals surface area contributed by atoms with E-state index in [0.29, 0.717) is 0 Å². The molecule has 2 aromatic rings. The number of hydrogen-bond donors (Lipinski definition) is 2. The van der Waals surface area contributed by atoms with Crippen molar-refractivity contribution in [1.82, 2.24) is 10.9 Å². The second kappa shape index (κ2) is 9.32. The predicted molar refractivity (Wildman–Crippen MR) is 101 cm³/mol. The van der Waals surface area contributed by atoms with Gasteiger partial charge in [-0.15, -0.1) is 0 Å². The molecule has 1 atom stereocenters. The second-order valence-corrected chi connectivity index (χ2v) is 8.22. The highest BCUT2D eigenvalue weighted by Crippen LogP contribution is 2.17. The van der Waals surface area contributed by atoms with E-state index in [1.54, 1.807) is 18.2 Å². The van der Waals surface area contributed by atoms with Gasteiger partial charge < -0.3 is 4.74 Å². The first-order valence-corrected chi connectivity index (χ1v) is 10.1. The number of sulfone groups is 1. The van der Waals surface area contributed by atoms with Gasteiger partial charge in [-0.05, 0) is 38.1 Å². The maximum absolute atomic E-state index is 13.5. The molecule has 0 unspecified atom stereocenters. The fourth-order valence-electron chi connectivity index (χ4n) is 2.17. The van der Waals surface area contributed by atoms with Gasteiger partial charge in [-0.1, -0.05) is 29.8 Å². The van der Waals surface area contributed by atoms with Gasteiger partial charge in [-0.25, -0.2) is 12.8 Å². The van der Waals surface area contributed by atoms with Crippen molar-refractivity contribution in [1.29, 1.82) is 0 Å². The van der Waals surface area contributed by atoms with Crippen LogP contribution in [-0.2, 0) is 19.4 Å². The van der Waals surface area contributed by atoms with E-state index in [0.717, 1.165) is 5.56 Å². The fourth-order valence-corrected chi connectivity index (χ4v) is 3.41. The monoisotopic (exact) mass is 408 g/mol. The summed E-state index contributed by atoms with van der Waals surface area (Å²) in [5, 5.41) is 0. The zero-order valence-corrected chi connectivity index (χ0v) is 16.3. The van der Waals surface area contributed by atoms with Gasteiger partial charge in [-0.2, -0.15) is 0 Å². The summed E-state index contributed by atoms with van der Waals surface area (Å²) in [5.41, 5.74) is 5.17. The summed E-state index contributed by atoms with van der Waals surface area (Å²) in [7, 11) is -3.61. The number of ether oxygens (including phenoxy) is 1. The van der Waals surface area contributed by atoms with Crippen LogP contribution in [0.15, 0.2) is 53.4 Å². The number of benzene rings is 2. The first-order valence-electron chi connectivity index (χ1n) is 8.48. The highest BCUT2D eigenvalue weighted by molar-refractivity contribution is 7.91. The number of nitrogens with one attached hydrogen (secondary N) is 2. The molecule has 7 nitrogen and oxygen atoms in total. The lowest BCUT2D eigenvalue weighted by molar-refractivity contribution is -0.132. The molecular weight excluding hydrogens is 387 g/mol. The molecule has 2 N–H and O–H groups in total. The van der Waals surface area contributed by atoms with Crippen molar-refractivity contribution >= 4 is 21.7 Å². The Morgan fingerprint density at radius 1 is 1.07 bits per heavy atom. The normalized spacial score (nSPS) is 12.1. The second-order valence-electron chi connectivity index (χ2n) is 6.11. The number of carbonyl (C=O) groups excluding carboxylic acids is 2. The van der Waals surface area contributed by atoms with Crippen LogP contribution in [0.5, 0.6) is 5.75 Å². The first-order chi connectivity index (χ1) is 13.2. The number of para-hydroxylation sites is 1. The minimum atomic E-state index is -3.61. The number of rotatable bonds is 7. The van der Waals surface area contributed by atoms with Crippen LogP contribution in [0.3, 0.4) is 0 Å². The molecular formula is C19H21FN2O5S. The largest absolute Gasteiger partial charge is 0.478 e. The molecule has 2 amide bonds. The highest BCUT2D eigenvalue weighted by Gasteiger charge is 2.19. The minimum Gasteiger partial charge on any atom is -0.478 e. The Balaban J connectivity index is 1.80. The molecule has 0 aliphatic carbocycles. The van der Waals surface area contributed by atoms with E-state index in [9.17, 15) is 22.4 Å². The molecule has 0 aliphatic heterocycles. The average Bonchev–Trinajstić information content (AvgIpc) is 2.66. The van der Waals surface area contributed by atoms with Crippen molar-refractivity contribution in [2.75, 3.05) is 5.75 Å². The van der Waals surface area contributed by atoms with Crippen molar-refractivity contribution in [2.24, 2.45) is 0 Å². The summed E-state index contributed by atoms with van der Waals surface area (Å²) >= 11 is 0. The molecule has 2 rings (SSSR count). The van der Waals surface area contributed by atoms with Crippen LogP contribution in [0.25, 0.3) is 0 Å². The molecule has 0 fully saturated rings. The molecule has 0 saturated heterocycles. The molecule has 0 aromatic heterocycles. The van der Waals surface area contributed by atoms with Crippen LogP contribution in [0, 0.1) is 12.7 Å². The molecule has 2 aromatic carbocycles. The SMILES string of the molecule is Cc1ccc(S(=O)(=O)CCC(=O)NNC(=O)[C@H](C)Oc2ccccc2F)cc1. The quantitative estimate of drug-likeness (QED) is 0.682. The van der Waals surface area contributed by atoms with Gasteiger partial charge in [0.2, 0.25) is 5.91 Å². The third-order valence-electron chi connectivity index (χ3n) is 3.81. The van der Waals surface area contributed by atoms with Crippen molar-refractivity contribution < 1.29 is 27.1 Å². The van der Waals surface area contributed by atoms with Crippen LogP contribution in [0.2, 0.25) is 0 Å². The van der Waals surface area contributed by atoms with Gasteiger partial charge in [0.1, 0.15) is 0 Å². The predicted octanol–water partition coefficient (Wildman–Crippen LogP) is 1.91. The van der Waals surface area contributed by atoms with Crippen molar-refractivity contribution in [3.8, 4) is 5.75 Å². The van der Waals surface area contributed by atoms with Gasteiger partial charge in [-0.3, -0.25) is 20.4 Å². The van der Waals surface area contributed by atoms with Crippen molar-refractivity contribution in [3.05, 3.63) is 59.9 Å². The highest BCUT2D eigenvalue weighted by atomic mass is 32.2. The van der Waals surface area contributed by atoms with Crippen molar-refractivity contribution in [2.45, 2.75) is 31.3 Å². The molecule has 0 spiro atoms. The summed E-state index contributed by atoms with van der Waals surface area (Å²) in [6.45, 7) is 3.22. The number of carbonyl (C=O) groups is 2. The fraction of sp³-hybridized carbons (Fsp3) is 0.263. The maximum atomic E-state index is 13.5. The lowest BCUT2D eigenvalue weighted by Gasteiger charge is -2.15. The molecule has 28 heavy (non-hydrogen) atoms. The molecule has 0 saturated carbocycles. The Bertz CT molecular complexity index is 945. The third kappa shape index (κ3) is 6.05. The summed E-state index contributed by atoms with van der Waals surface area (Å²) in [4.78, 5) is 23.9. The zero-order valence-electron chi connectivity index (χ0n) is 15.4. The molecule has 150 valence electrons. The Kier molecular flexibility index (Phi) is 7.11. The molecule has 0 heterocycles. The van der Waals surface area contributed by atoms with E-state index >= 15 is 0 Å². The van der Waals surface area contributed by atoms with Crippen LogP contribution >= 0.6 is 0 Å². The minimum absolute atomic E-state index is 0.0966. The first kappa shape index (κ1) is 21.4. The van der Waals surface area contributed by atoms with Gasteiger partial charge in [0.25, 0.3) is 5.91 Å². The maximum Gasteiger partial charge on any atom is 0.279 e. The number of aryl methyl sites for hydroxylation is 1. The molecule has 0 radical (unpaired) electrons. The van der Waals surface area contributed by atoms with E-state index < -0.39 is 39.3 Å². The van der Waals surface area contributed by atoms with E-state index in [-0.39, 0.29) is 17.1 Å². The Morgan fingerprint density at radius 2 is 1.71 bits per heavy atom. The van der Waals surface area contributed by atoms with Crippen LogP contribution in [-0.4, -0.2) is 32.1 Å². The lowest BCUT2D eigenvalue weighted by atomic mass is 10.2. The topological polar surface area (TPSA) is 102 Å². The average molecular weight is 408 g/mol. The van der Waals surface area contributed by atoms with Crippen LogP contribution in [0.1, 0.15) is 18.9 Å². The van der Waals surface area contributed by atoms with E-state index in [1.165, 1.54) is 37.3 Å². The Morgan fingerprint density at radius 3 is 2.36 bits per heavy atom. The number of amides is 2. The van der Waals surface area contributed by atoms with Gasteiger partial charge in [0.05, 0.1) is 10.6 Å². The lowest BCUT2D eigenvalue weighted by Crippen LogP contribution is -2.47. The van der Waals surface area contributed by atoms with E-state index in [4.69, 9.17) is 4.74 Å². The number of hydrazine groups is 1. The summed E-state index contributed by atoms with van der Waals surface area (Å²) in [6.07, 6.45) is -1.41. The van der Waals surface area contributed by atoms with Crippen LogP contribution in [0.4, 0.5) is 4.39 Å². The molecule has 0 bridgehead atoms. The van der Waals surface area contributed by atoms with Gasteiger partial charge in [0, 0.05) is 6.42 Å². The van der Waals surface area contributed by atoms with Crippen LogP contribution < -0.4 is 15.6 Å². The summed E-state index contributed by atoms with van der Waals surface area (Å²) < 4.78 is 43.1. The number of hydrogen-bond acceptors (Lipinski definition) is 5. The number of halogens is 1. The van der Waals surface area contributed by atoms with E-state index in [1.807, 2.05) is 6.92 Å². The summed E-state index contributed by atoms with van der Waals surface area (Å²) in [5.74, 6) is -2.51. The standard InChI is InChI=1S/C19H21FN2O5S/c1-13-7-9-15(10-8-13)28(25,26)12-11-18(23)21-22-19(24)14(2)27-17-6-4-3-5-16(17)20/h3-10,14H,11-12H2,1-2H3,(H,21,23)(H,22,24)/t14-/m0/s1.